The molecule has 2 aliphatic rings. The first-order valence-corrected chi connectivity index (χ1v) is 13.7. The zero-order valence-electron chi connectivity index (χ0n) is 21.9. The summed E-state index contributed by atoms with van der Waals surface area (Å²) >= 11 is 0. The van der Waals surface area contributed by atoms with Gasteiger partial charge in [-0.3, -0.25) is 0 Å². The SMILES string of the molecule is CCCCc1cccc2c3c(ccc12)C1(CC)C(O)(CC)C1(CC)[n+]1c-3cc(C)c2ccccc21. The molecule has 0 spiro atoms. The number of aliphatic hydroxyl groups is 1. The molecule has 0 bridgehead atoms. The van der Waals surface area contributed by atoms with Crippen molar-refractivity contribution < 1.29 is 9.67 Å². The van der Waals surface area contributed by atoms with Gasteiger partial charge < -0.3 is 5.11 Å². The van der Waals surface area contributed by atoms with E-state index >= 15 is 0 Å². The van der Waals surface area contributed by atoms with Crippen LogP contribution in [-0.4, -0.2) is 10.7 Å². The number of fused-ring (bicyclic) bond motifs is 10. The Balaban J connectivity index is 1.82. The standard InChI is InChI=1S/C33H38NO/c1-6-10-14-23-15-13-17-26-25(23)19-20-27-30(26)29-21-22(5)24-16-11-12-18-28(24)34(29)32(8-3)31(27,7-2)33(32,35)9-4/h11-13,15-21,35H,6-10,14H2,1-5H3/q+1. The zero-order chi connectivity index (χ0) is 24.6. The molecule has 3 aromatic carbocycles. The lowest BCUT2D eigenvalue weighted by molar-refractivity contribution is -0.718. The van der Waals surface area contributed by atoms with Gasteiger partial charge in [0.15, 0.2) is 0 Å². The van der Waals surface area contributed by atoms with Crippen LogP contribution in [0.25, 0.3) is 32.9 Å². The highest BCUT2D eigenvalue weighted by molar-refractivity contribution is 6.01. The summed E-state index contributed by atoms with van der Waals surface area (Å²) in [5, 5.41) is 16.5. The third kappa shape index (κ3) is 2.42. The fraction of sp³-hybridized carbons (Fsp3) is 0.424. The minimum Gasteiger partial charge on any atom is -0.381 e. The quantitative estimate of drug-likeness (QED) is 0.293. The van der Waals surface area contributed by atoms with Crippen LogP contribution in [0.2, 0.25) is 0 Å². The first-order valence-electron chi connectivity index (χ1n) is 13.7. The molecule has 1 aromatic heterocycles. The van der Waals surface area contributed by atoms with Crippen LogP contribution >= 0.6 is 0 Å². The average molecular weight is 465 g/mol. The molecule has 1 fully saturated rings. The van der Waals surface area contributed by atoms with Gasteiger partial charge in [-0.25, -0.2) is 0 Å². The van der Waals surface area contributed by atoms with Crippen molar-refractivity contribution in [2.75, 3.05) is 0 Å². The molecule has 3 atom stereocenters. The molecular weight excluding hydrogens is 426 g/mol. The molecular formula is C33H38NO+. The number of benzene rings is 3. The topological polar surface area (TPSA) is 24.1 Å². The third-order valence-corrected chi connectivity index (χ3v) is 9.80. The smallest absolute Gasteiger partial charge is 0.214 e. The predicted molar refractivity (Wildman–Crippen MR) is 146 cm³/mol. The lowest BCUT2D eigenvalue weighted by atomic mass is 9.76. The summed E-state index contributed by atoms with van der Waals surface area (Å²) in [6.07, 6.45) is 6.10. The van der Waals surface area contributed by atoms with Gasteiger partial charge in [0, 0.05) is 23.9 Å². The number of pyridine rings is 1. The molecule has 4 aromatic rings. The van der Waals surface area contributed by atoms with Crippen LogP contribution in [0.15, 0.2) is 60.7 Å². The number of unbranched alkanes of at least 4 members (excludes halogenated alkanes) is 1. The zero-order valence-corrected chi connectivity index (χ0v) is 21.9. The first-order chi connectivity index (χ1) is 17.0. The molecule has 3 unspecified atom stereocenters. The highest BCUT2D eigenvalue weighted by Crippen LogP contribution is 2.76. The third-order valence-electron chi connectivity index (χ3n) is 9.80. The van der Waals surface area contributed by atoms with Crippen LogP contribution < -0.4 is 4.57 Å². The van der Waals surface area contributed by atoms with Gasteiger partial charge in [0.1, 0.15) is 5.60 Å². The number of para-hydroxylation sites is 1. The summed E-state index contributed by atoms with van der Waals surface area (Å²) in [6.45, 7) is 11.2. The number of hydrogen-bond acceptors (Lipinski definition) is 1. The van der Waals surface area contributed by atoms with E-state index in [0.717, 1.165) is 25.7 Å². The largest absolute Gasteiger partial charge is 0.381 e. The fourth-order valence-corrected chi connectivity index (χ4v) is 8.39. The van der Waals surface area contributed by atoms with E-state index in [0.29, 0.717) is 0 Å². The van der Waals surface area contributed by atoms with E-state index in [9.17, 15) is 5.11 Å². The Morgan fingerprint density at radius 1 is 0.800 bits per heavy atom. The molecule has 1 saturated carbocycles. The maximum atomic E-state index is 12.5. The lowest BCUT2D eigenvalue weighted by Crippen LogP contribution is -2.57. The molecule has 2 nitrogen and oxygen atoms in total. The van der Waals surface area contributed by atoms with Crippen LogP contribution in [0.5, 0.6) is 0 Å². The molecule has 1 aliphatic heterocycles. The highest BCUT2D eigenvalue weighted by atomic mass is 16.3. The predicted octanol–water partition coefficient (Wildman–Crippen LogP) is 7.52. The maximum absolute atomic E-state index is 12.5. The second kappa shape index (κ2) is 7.64. The van der Waals surface area contributed by atoms with E-state index in [2.05, 4.69) is 99.8 Å². The van der Waals surface area contributed by atoms with Crippen LogP contribution in [-0.2, 0) is 17.4 Å². The molecule has 0 amide bonds. The Labute approximate surface area is 209 Å². The fourth-order valence-electron chi connectivity index (χ4n) is 8.39. The molecule has 35 heavy (non-hydrogen) atoms. The van der Waals surface area contributed by atoms with Gasteiger partial charge in [0.05, 0.1) is 11.0 Å². The Kier molecular flexibility index (Phi) is 4.96. The molecule has 0 radical (unpaired) electrons. The Bertz CT molecular complexity index is 1490. The minimum atomic E-state index is -0.778. The van der Waals surface area contributed by atoms with Crippen molar-refractivity contribution in [3.63, 3.8) is 0 Å². The summed E-state index contributed by atoms with van der Waals surface area (Å²) in [5.74, 6) is 0. The maximum Gasteiger partial charge on any atom is 0.214 e. The first kappa shape index (κ1) is 22.7. The van der Waals surface area contributed by atoms with Crippen molar-refractivity contribution in [2.24, 2.45) is 0 Å². The minimum absolute atomic E-state index is 0.290. The van der Waals surface area contributed by atoms with Gasteiger partial charge >= 0.3 is 0 Å². The summed E-state index contributed by atoms with van der Waals surface area (Å²) in [4.78, 5) is 0. The number of aryl methyl sites for hydroxylation is 2. The van der Waals surface area contributed by atoms with Crippen molar-refractivity contribution >= 4 is 21.7 Å². The molecule has 0 saturated heterocycles. The monoisotopic (exact) mass is 464 g/mol. The normalized spacial score (nSPS) is 26.5. The number of rotatable bonds is 6. The van der Waals surface area contributed by atoms with Crippen molar-refractivity contribution in [1.29, 1.82) is 0 Å². The van der Waals surface area contributed by atoms with Crippen molar-refractivity contribution in [3.05, 3.63) is 77.4 Å². The highest BCUT2D eigenvalue weighted by Gasteiger charge is 2.94. The van der Waals surface area contributed by atoms with Crippen LogP contribution in [0.4, 0.5) is 0 Å². The molecule has 2 heteroatoms. The summed E-state index contributed by atoms with van der Waals surface area (Å²) in [5.41, 5.74) is 6.53. The van der Waals surface area contributed by atoms with E-state index < -0.39 is 5.60 Å². The van der Waals surface area contributed by atoms with Crippen molar-refractivity contribution in [2.45, 2.75) is 89.7 Å². The van der Waals surface area contributed by atoms with Gasteiger partial charge in [-0.15, -0.1) is 0 Å². The van der Waals surface area contributed by atoms with Gasteiger partial charge in [-0.1, -0.05) is 76.6 Å². The van der Waals surface area contributed by atoms with Crippen LogP contribution in [0, 0.1) is 6.92 Å². The average Bonchev–Trinajstić information content (AvgIpc) is 3.41. The van der Waals surface area contributed by atoms with Crippen LogP contribution in [0.3, 0.4) is 0 Å². The van der Waals surface area contributed by atoms with Crippen LogP contribution in [0.1, 0.15) is 76.5 Å². The summed E-state index contributed by atoms with van der Waals surface area (Å²) < 4.78 is 2.57. The van der Waals surface area contributed by atoms with Gasteiger partial charge in [-0.2, -0.15) is 4.57 Å². The Hall–Kier alpha value is -2.71. The molecule has 1 aliphatic carbocycles. The second-order valence-corrected chi connectivity index (χ2v) is 10.9. The molecule has 180 valence electrons. The van der Waals surface area contributed by atoms with Crippen molar-refractivity contribution in [1.82, 2.24) is 0 Å². The Morgan fingerprint density at radius 3 is 2.29 bits per heavy atom. The Morgan fingerprint density at radius 2 is 1.57 bits per heavy atom. The van der Waals surface area contributed by atoms with Gasteiger partial charge in [-0.05, 0) is 66.1 Å². The summed E-state index contributed by atoms with van der Waals surface area (Å²) in [7, 11) is 0. The van der Waals surface area contributed by atoms with Gasteiger partial charge in [0.25, 0.3) is 0 Å². The molecule has 6 rings (SSSR count). The van der Waals surface area contributed by atoms with E-state index in [1.807, 2.05) is 0 Å². The van der Waals surface area contributed by atoms with Gasteiger partial charge in [0.2, 0.25) is 16.7 Å². The number of nitrogens with zero attached hydrogens (tertiary/aromatic N) is 1. The summed E-state index contributed by atoms with van der Waals surface area (Å²) in [6, 6.07) is 22.8. The number of hydrogen-bond donors (Lipinski definition) is 1. The number of aromatic nitrogens is 1. The van der Waals surface area contributed by atoms with E-state index in [4.69, 9.17) is 0 Å². The van der Waals surface area contributed by atoms with E-state index in [-0.39, 0.29) is 11.0 Å². The molecule has 1 N–H and O–H groups in total. The molecule has 2 heterocycles. The second-order valence-electron chi connectivity index (χ2n) is 10.9. The lowest BCUT2D eigenvalue weighted by Gasteiger charge is -2.30. The van der Waals surface area contributed by atoms with E-state index in [1.165, 1.54) is 62.5 Å². The van der Waals surface area contributed by atoms with Crippen molar-refractivity contribution in [3.8, 4) is 11.3 Å². The van der Waals surface area contributed by atoms with E-state index in [1.54, 1.807) is 0 Å².